The third kappa shape index (κ3) is 9.91. The second-order valence-corrected chi connectivity index (χ2v) is 13.5. The van der Waals surface area contributed by atoms with E-state index in [2.05, 4.69) is 16.0 Å². The van der Waals surface area contributed by atoms with Gasteiger partial charge in [-0.1, -0.05) is 25.8 Å². The molecule has 0 aliphatic carbocycles. The Kier molecular flexibility index (Phi) is 13.8. The van der Waals surface area contributed by atoms with E-state index in [4.69, 9.17) is 4.74 Å². The molecule has 4 rings (SSSR count). The molecule has 16 heteroatoms. The van der Waals surface area contributed by atoms with Gasteiger partial charge in [0.1, 0.15) is 54.5 Å². The molecule has 3 heterocycles. The number of halogens is 2. The van der Waals surface area contributed by atoms with E-state index in [0.717, 1.165) is 25.0 Å². The number of carbonyl (C=O) groups is 7. The number of amides is 6. The van der Waals surface area contributed by atoms with Gasteiger partial charge >= 0.3 is 5.97 Å². The average Bonchev–Trinajstić information content (AvgIpc) is 3.80. The number of benzene rings is 1. The summed E-state index contributed by atoms with van der Waals surface area (Å²) < 4.78 is 33.8. The van der Waals surface area contributed by atoms with Gasteiger partial charge in [0.2, 0.25) is 35.4 Å². The fourth-order valence-electron chi connectivity index (χ4n) is 6.62. The summed E-state index contributed by atoms with van der Waals surface area (Å²) in [5, 5.41) is 7.71. The minimum absolute atomic E-state index is 0.0512. The number of nitrogens with zero attached hydrogens (tertiary/aromatic N) is 3. The molecular weight excluding hydrogens is 682 g/mol. The molecule has 1 aromatic rings. The Labute approximate surface area is 301 Å². The number of unbranched alkanes of at least 4 members (excludes halogenated alkanes) is 2. The second-order valence-electron chi connectivity index (χ2n) is 13.5. The van der Waals surface area contributed by atoms with Crippen molar-refractivity contribution in [3.8, 4) is 0 Å². The van der Waals surface area contributed by atoms with Gasteiger partial charge in [-0.25, -0.2) is 13.6 Å². The summed E-state index contributed by atoms with van der Waals surface area (Å²) in [7, 11) is 1.42. The fraction of sp³-hybridized carbons (Fsp3) is 0.583. The minimum Gasteiger partial charge on any atom is -0.461 e. The number of cyclic esters (lactones) is 1. The molecule has 0 unspecified atom stereocenters. The molecule has 0 radical (unpaired) electrons. The van der Waals surface area contributed by atoms with Gasteiger partial charge in [-0.3, -0.25) is 28.8 Å². The maximum Gasteiger partial charge on any atom is 0.328 e. The van der Waals surface area contributed by atoms with Crippen LogP contribution in [-0.2, 0) is 44.7 Å². The molecule has 3 fully saturated rings. The summed E-state index contributed by atoms with van der Waals surface area (Å²) in [6.07, 6.45) is 6.26. The highest BCUT2D eigenvalue weighted by Gasteiger charge is 2.43. The molecule has 3 N–H and O–H groups in total. The molecule has 0 aromatic heterocycles. The number of esters is 1. The van der Waals surface area contributed by atoms with Crippen molar-refractivity contribution in [3.63, 3.8) is 0 Å². The van der Waals surface area contributed by atoms with Crippen LogP contribution in [0.5, 0.6) is 0 Å². The molecule has 3 aliphatic heterocycles. The van der Waals surface area contributed by atoms with Gasteiger partial charge < -0.3 is 35.4 Å². The van der Waals surface area contributed by atoms with Crippen LogP contribution in [0, 0.1) is 11.6 Å². The fourth-order valence-corrected chi connectivity index (χ4v) is 6.62. The van der Waals surface area contributed by atoms with Crippen molar-refractivity contribution >= 4 is 41.4 Å². The summed E-state index contributed by atoms with van der Waals surface area (Å²) in [4.78, 5) is 98.3. The van der Waals surface area contributed by atoms with E-state index >= 15 is 0 Å². The smallest absolute Gasteiger partial charge is 0.328 e. The zero-order valence-corrected chi connectivity index (χ0v) is 30.0. The first-order valence-electron chi connectivity index (χ1n) is 17.8. The number of fused-ring (bicyclic) bond motifs is 2. The number of likely N-dealkylation sites (N-methyl/N-ethyl adjacent to an activating group) is 1. The minimum atomic E-state index is -1.56. The third-order valence-corrected chi connectivity index (χ3v) is 9.66. The summed E-state index contributed by atoms with van der Waals surface area (Å²) in [6, 6.07) is -4.36. The van der Waals surface area contributed by atoms with E-state index in [0.29, 0.717) is 25.3 Å². The van der Waals surface area contributed by atoms with Crippen molar-refractivity contribution in [2.45, 2.75) is 108 Å². The molecule has 0 saturated carbocycles. The van der Waals surface area contributed by atoms with Gasteiger partial charge in [0, 0.05) is 32.6 Å². The lowest BCUT2D eigenvalue weighted by molar-refractivity contribution is -0.158. The Morgan fingerprint density at radius 1 is 0.962 bits per heavy atom. The molecule has 1 aromatic carbocycles. The van der Waals surface area contributed by atoms with E-state index < -0.39 is 95.9 Å². The van der Waals surface area contributed by atoms with Gasteiger partial charge in [-0.15, -0.1) is 0 Å². The van der Waals surface area contributed by atoms with Crippen molar-refractivity contribution in [2.75, 3.05) is 26.7 Å². The second kappa shape index (κ2) is 18.0. The zero-order chi connectivity index (χ0) is 38.1. The lowest BCUT2D eigenvalue weighted by Gasteiger charge is -2.34. The van der Waals surface area contributed by atoms with Gasteiger partial charge in [0.15, 0.2) is 0 Å². The SMILES string of the molecule is CCCC/C=C/C(=O)N[C@@H](Cc1cc(F)cc(F)c1)C(=O)N[C@H]1COC(=O)[C@@H]2CCCN2C(=O)[C@H](C)NC(=O)[C@H](C)N(C)C(=O)[C@@H]2CCCN2C1=O. The van der Waals surface area contributed by atoms with E-state index in [1.807, 2.05) is 6.92 Å². The van der Waals surface area contributed by atoms with Crippen molar-refractivity contribution in [1.29, 1.82) is 0 Å². The highest BCUT2D eigenvalue weighted by atomic mass is 19.1. The molecule has 0 spiro atoms. The Hall–Kier alpha value is -4.89. The normalized spacial score (nSPS) is 25.5. The molecule has 3 saturated heterocycles. The molecule has 284 valence electrons. The van der Waals surface area contributed by atoms with Crippen LogP contribution in [0.2, 0.25) is 0 Å². The van der Waals surface area contributed by atoms with Crippen LogP contribution >= 0.6 is 0 Å². The standard InChI is InChI=1S/C36H48F2N6O8/c1-5-6-7-8-13-30(45)40-26(18-23-16-24(37)19-25(38)17-23)32(47)41-27-20-52-36(51)29-12-10-15-44(29)33(48)21(2)39-31(46)22(3)42(4)35(50)28-11-9-14-43(28)34(27)49/h8,13,16-17,19,21-22,26-29H,5-7,9-12,14-15,18,20H2,1-4H3,(H,39,46)(H,40,45)(H,41,47)/b13-8+/t21-,22-,26-,27-,28-,29-/m0/s1. The molecule has 0 bridgehead atoms. The number of rotatable bonds is 9. The third-order valence-electron chi connectivity index (χ3n) is 9.66. The maximum absolute atomic E-state index is 14.2. The first-order chi connectivity index (χ1) is 24.7. The molecule has 6 atom stereocenters. The number of ether oxygens (including phenoxy) is 1. The number of allylic oxidation sites excluding steroid dienone is 1. The number of hydrogen-bond acceptors (Lipinski definition) is 8. The van der Waals surface area contributed by atoms with Crippen molar-refractivity contribution in [2.24, 2.45) is 0 Å². The molecule has 14 nitrogen and oxygen atoms in total. The van der Waals surface area contributed by atoms with Crippen molar-refractivity contribution in [3.05, 3.63) is 47.5 Å². The van der Waals surface area contributed by atoms with Crippen LogP contribution in [0.1, 0.15) is 71.3 Å². The summed E-state index contributed by atoms with van der Waals surface area (Å²) >= 11 is 0. The largest absolute Gasteiger partial charge is 0.461 e. The Balaban J connectivity index is 1.66. The van der Waals surface area contributed by atoms with Crippen LogP contribution in [0.3, 0.4) is 0 Å². The Bertz CT molecular complexity index is 1550. The van der Waals surface area contributed by atoms with Gasteiger partial charge in [-0.05, 0) is 69.7 Å². The molecule has 52 heavy (non-hydrogen) atoms. The van der Waals surface area contributed by atoms with Crippen LogP contribution in [0.15, 0.2) is 30.4 Å². The highest BCUT2D eigenvalue weighted by molar-refractivity contribution is 5.98. The van der Waals surface area contributed by atoms with E-state index in [-0.39, 0.29) is 37.9 Å². The predicted octanol–water partition coefficient (Wildman–Crippen LogP) is 1.11. The lowest BCUT2D eigenvalue weighted by atomic mass is 10.0. The summed E-state index contributed by atoms with van der Waals surface area (Å²) in [5.74, 6) is -6.63. The van der Waals surface area contributed by atoms with Gasteiger partial charge in [0.05, 0.1) is 0 Å². The van der Waals surface area contributed by atoms with Crippen LogP contribution in [0.25, 0.3) is 0 Å². The van der Waals surface area contributed by atoms with Crippen LogP contribution in [0.4, 0.5) is 8.78 Å². The first-order valence-corrected chi connectivity index (χ1v) is 17.8. The monoisotopic (exact) mass is 730 g/mol. The lowest BCUT2D eigenvalue weighted by Crippen LogP contribution is -2.60. The van der Waals surface area contributed by atoms with Gasteiger partial charge in [0.25, 0.3) is 0 Å². The number of carbonyl (C=O) groups excluding carboxylic acids is 7. The van der Waals surface area contributed by atoms with Crippen molar-refractivity contribution < 1.29 is 47.1 Å². The highest BCUT2D eigenvalue weighted by Crippen LogP contribution is 2.23. The number of nitrogens with one attached hydrogen (secondary N) is 3. The van der Waals surface area contributed by atoms with Crippen LogP contribution < -0.4 is 16.0 Å². The quantitative estimate of drug-likeness (QED) is 0.193. The van der Waals surface area contributed by atoms with E-state index in [1.54, 1.807) is 6.08 Å². The van der Waals surface area contributed by atoms with E-state index in [9.17, 15) is 42.3 Å². The zero-order valence-electron chi connectivity index (χ0n) is 30.0. The topological polar surface area (TPSA) is 175 Å². The molecule has 3 aliphatic rings. The first kappa shape index (κ1) is 39.9. The summed E-state index contributed by atoms with van der Waals surface area (Å²) in [6.45, 7) is 4.62. The number of hydrogen-bond donors (Lipinski definition) is 3. The Morgan fingerprint density at radius 3 is 2.25 bits per heavy atom. The molecule has 6 amide bonds. The van der Waals surface area contributed by atoms with Crippen molar-refractivity contribution in [1.82, 2.24) is 30.7 Å². The average molecular weight is 731 g/mol. The Morgan fingerprint density at radius 2 is 1.60 bits per heavy atom. The van der Waals surface area contributed by atoms with Gasteiger partial charge in [-0.2, -0.15) is 0 Å². The summed E-state index contributed by atoms with van der Waals surface area (Å²) in [5.41, 5.74) is 0.0512. The van der Waals surface area contributed by atoms with Crippen LogP contribution in [-0.4, -0.2) is 119 Å². The predicted molar refractivity (Wildman–Crippen MR) is 183 cm³/mol. The maximum atomic E-state index is 14.2. The van der Waals surface area contributed by atoms with E-state index in [1.165, 1.54) is 41.7 Å². The molecular formula is C36H48F2N6O8.